The number of carbonyl (C=O) groups is 1. The van der Waals surface area contributed by atoms with Gasteiger partial charge in [0.2, 0.25) is 5.91 Å². The largest absolute Gasteiger partial charge is 0.381 e. The van der Waals surface area contributed by atoms with Crippen molar-refractivity contribution in [1.82, 2.24) is 16.0 Å². The molecule has 3 N–H and O–H groups in total. The van der Waals surface area contributed by atoms with E-state index in [0.29, 0.717) is 13.0 Å². The number of nitrogens with zero attached hydrogens (tertiary/aromatic N) is 1. The van der Waals surface area contributed by atoms with Crippen LogP contribution in [0.4, 0.5) is 0 Å². The summed E-state index contributed by atoms with van der Waals surface area (Å²) >= 11 is 0. The Morgan fingerprint density at radius 3 is 2.68 bits per heavy atom. The first kappa shape index (κ1) is 18.7. The Bertz CT molecular complexity index is 330. The number of rotatable bonds is 12. The van der Waals surface area contributed by atoms with Gasteiger partial charge in [0.1, 0.15) is 0 Å². The van der Waals surface area contributed by atoms with E-state index in [1.165, 1.54) is 12.8 Å². The first-order valence-corrected chi connectivity index (χ1v) is 8.62. The van der Waals surface area contributed by atoms with E-state index in [2.05, 4.69) is 20.9 Å². The Kier molecular flexibility index (Phi) is 10.5. The molecular weight excluding hydrogens is 280 g/mol. The van der Waals surface area contributed by atoms with Crippen LogP contribution in [-0.4, -0.2) is 51.3 Å². The second-order valence-electron chi connectivity index (χ2n) is 5.66. The molecule has 22 heavy (non-hydrogen) atoms. The normalized spacial score (nSPS) is 14.7. The number of amides is 1. The molecule has 0 bridgehead atoms. The zero-order valence-corrected chi connectivity index (χ0v) is 14.1. The summed E-state index contributed by atoms with van der Waals surface area (Å²) in [5.74, 6) is 1.67. The summed E-state index contributed by atoms with van der Waals surface area (Å²) in [6, 6.07) is 0. The van der Waals surface area contributed by atoms with E-state index in [-0.39, 0.29) is 5.91 Å². The maximum Gasteiger partial charge on any atom is 0.221 e. The molecule has 1 amide bonds. The van der Waals surface area contributed by atoms with Crippen molar-refractivity contribution in [3.63, 3.8) is 0 Å². The average Bonchev–Trinajstić information content (AvgIpc) is 3.32. The minimum absolute atomic E-state index is 0.0821. The van der Waals surface area contributed by atoms with Gasteiger partial charge in [-0.2, -0.15) is 0 Å². The zero-order chi connectivity index (χ0) is 16.0. The van der Waals surface area contributed by atoms with Gasteiger partial charge in [0.05, 0.1) is 0 Å². The molecule has 1 saturated carbocycles. The number of guanidine groups is 1. The average molecular weight is 312 g/mol. The number of carbonyl (C=O) groups excluding carboxylic acids is 1. The molecule has 0 aliphatic heterocycles. The predicted molar refractivity (Wildman–Crippen MR) is 90.1 cm³/mol. The van der Waals surface area contributed by atoms with Crippen molar-refractivity contribution < 1.29 is 9.53 Å². The third kappa shape index (κ3) is 10.4. The number of hydrogen-bond acceptors (Lipinski definition) is 3. The lowest BCUT2D eigenvalue weighted by Gasteiger charge is -2.11. The highest BCUT2D eigenvalue weighted by atomic mass is 16.5. The first-order valence-electron chi connectivity index (χ1n) is 8.62. The summed E-state index contributed by atoms with van der Waals surface area (Å²) in [5, 5.41) is 9.23. The third-order valence-corrected chi connectivity index (χ3v) is 3.33. The molecular formula is C16H32N4O2. The number of nitrogens with one attached hydrogen (secondary N) is 3. The van der Waals surface area contributed by atoms with Crippen molar-refractivity contribution in [2.75, 3.05) is 39.4 Å². The highest BCUT2D eigenvalue weighted by Gasteiger charge is 2.20. The molecule has 0 unspecified atom stereocenters. The molecule has 1 aliphatic carbocycles. The summed E-state index contributed by atoms with van der Waals surface area (Å²) in [5.41, 5.74) is 0. The van der Waals surface area contributed by atoms with Crippen molar-refractivity contribution in [2.24, 2.45) is 10.9 Å². The van der Waals surface area contributed by atoms with Crippen LogP contribution in [0.1, 0.15) is 46.0 Å². The van der Waals surface area contributed by atoms with Crippen LogP contribution >= 0.6 is 0 Å². The van der Waals surface area contributed by atoms with Crippen molar-refractivity contribution in [2.45, 2.75) is 46.0 Å². The molecule has 0 heterocycles. The van der Waals surface area contributed by atoms with E-state index in [4.69, 9.17) is 4.74 Å². The van der Waals surface area contributed by atoms with Gasteiger partial charge in [0.15, 0.2) is 5.96 Å². The Balaban J connectivity index is 2.07. The Hall–Kier alpha value is -1.30. The Morgan fingerprint density at radius 2 is 2.00 bits per heavy atom. The van der Waals surface area contributed by atoms with Crippen LogP contribution in [0.5, 0.6) is 0 Å². The molecule has 1 rings (SSSR count). The highest BCUT2D eigenvalue weighted by molar-refractivity contribution is 5.81. The lowest BCUT2D eigenvalue weighted by Crippen LogP contribution is -2.39. The van der Waals surface area contributed by atoms with Gasteiger partial charge >= 0.3 is 0 Å². The van der Waals surface area contributed by atoms with Gasteiger partial charge in [-0.05, 0) is 38.5 Å². The smallest absolute Gasteiger partial charge is 0.221 e. The second kappa shape index (κ2) is 12.3. The van der Waals surface area contributed by atoms with E-state index < -0.39 is 0 Å². The highest BCUT2D eigenvalue weighted by Crippen LogP contribution is 2.28. The monoisotopic (exact) mass is 312 g/mol. The van der Waals surface area contributed by atoms with Crippen molar-refractivity contribution in [3.8, 4) is 0 Å². The van der Waals surface area contributed by atoms with Gasteiger partial charge < -0.3 is 20.7 Å². The first-order chi connectivity index (χ1) is 10.8. The summed E-state index contributed by atoms with van der Waals surface area (Å²) in [4.78, 5) is 16.0. The van der Waals surface area contributed by atoms with E-state index in [0.717, 1.165) is 57.6 Å². The molecule has 0 atom stereocenters. The van der Waals surface area contributed by atoms with Gasteiger partial charge in [-0.1, -0.05) is 6.92 Å². The van der Waals surface area contributed by atoms with Crippen molar-refractivity contribution >= 4 is 11.9 Å². The Morgan fingerprint density at radius 1 is 1.18 bits per heavy atom. The summed E-state index contributed by atoms with van der Waals surface area (Å²) in [7, 11) is 0. The molecule has 0 aromatic heterocycles. The van der Waals surface area contributed by atoms with E-state index in [1.807, 2.05) is 13.8 Å². The standard InChI is InChI=1S/C16H32N4O2/c1-3-9-18-15(21)8-11-20-16(17-4-2)19-10-5-12-22-13-14-6-7-14/h14H,3-13H2,1-2H3,(H,18,21)(H2,17,19,20). The fourth-order valence-electron chi connectivity index (χ4n) is 1.88. The minimum atomic E-state index is 0.0821. The summed E-state index contributed by atoms with van der Waals surface area (Å²) in [6.45, 7) is 8.65. The lowest BCUT2D eigenvalue weighted by molar-refractivity contribution is -0.120. The van der Waals surface area contributed by atoms with Gasteiger partial charge in [-0.3, -0.25) is 9.79 Å². The van der Waals surface area contributed by atoms with Gasteiger partial charge in [-0.25, -0.2) is 0 Å². The molecule has 128 valence electrons. The fraction of sp³-hybridized carbons (Fsp3) is 0.875. The SMILES string of the molecule is CCCNC(=O)CCNC(=NCCCOCC1CC1)NCC. The van der Waals surface area contributed by atoms with E-state index in [9.17, 15) is 4.79 Å². The van der Waals surface area contributed by atoms with E-state index in [1.54, 1.807) is 0 Å². The topological polar surface area (TPSA) is 74.8 Å². The summed E-state index contributed by atoms with van der Waals surface area (Å²) in [6.07, 6.45) is 5.03. The number of hydrogen-bond donors (Lipinski definition) is 3. The lowest BCUT2D eigenvalue weighted by atomic mass is 10.4. The maximum atomic E-state index is 11.5. The fourth-order valence-corrected chi connectivity index (χ4v) is 1.88. The molecule has 0 saturated heterocycles. The van der Waals surface area contributed by atoms with Crippen LogP contribution < -0.4 is 16.0 Å². The molecule has 0 spiro atoms. The minimum Gasteiger partial charge on any atom is -0.381 e. The van der Waals surface area contributed by atoms with Crippen molar-refractivity contribution in [1.29, 1.82) is 0 Å². The number of aliphatic imine (C=N–C) groups is 1. The molecule has 6 heteroatoms. The predicted octanol–water partition coefficient (Wildman–Crippen LogP) is 1.27. The molecule has 1 aliphatic rings. The van der Waals surface area contributed by atoms with Crippen LogP contribution in [0.25, 0.3) is 0 Å². The van der Waals surface area contributed by atoms with Gasteiger partial charge in [0, 0.05) is 45.8 Å². The van der Waals surface area contributed by atoms with E-state index >= 15 is 0 Å². The molecule has 1 fully saturated rings. The number of ether oxygens (including phenoxy) is 1. The molecule has 0 aromatic carbocycles. The molecule has 0 aromatic rings. The van der Waals surface area contributed by atoms with Crippen LogP contribution in [0.3, 0.4) is 0 Å². The molecule has 0 radical (unpaired) electrons. The quantitative estimate of drug-likeness (QED) is 0.288. The van der Waals surface area contributed by atoms with Crippen molar-refractivity contribution in [3.05, 3.63) is 0 Å². The van der Waals surface area contributed by atoms with Gasteiger partial charge in [-0.15, -0.1) is 0 Å². The molecule has 6 nitrogen and oxygen atoms in total. The maximum absolute atomic E-state index is 11.5. The summed E-state index contributed by atoms with van der Waals surface area (Å²) < 4.78 is 5.59. The second-order valence-corrected chi connectivity index (χ2v) is 5.66. The van der Waals surface area contributed by atoms with Crippen LogP contribution in [0.2, 0.25) is 0 Å². The van der Waals surface area contributed by atoms with Gasteiger partial charge in [0.25, 0.3) is 0 Å². The van der Waals surface area contributed by atoms with Crippen LogP contribution in [0, 0.1) is 5.92 Å². The van der Waals surface area contributed by atoms with Crippen LogP contribution in [0.15, 0.2) is 4.99 Å². The zero-order valence-electron chi connectivity index (χ0n) is 14.1. The van der Waals surface area contributed by atoms with Crippen LogP contribution in [-0.2, 0) is 9.53 Å². The third-order valence-electron chi connectivity index (χ3n) is 3.33. The Labute approximate surface area is 134 Å².